The molecule has 30 heavy (non-hydrogen) atoms. The molecule has 3 aliphatic heterocycles. The number of benzene rings is 2. The second-order valence-electron chi connectivity index (χ2n) is 8.72. The molecule has 5 heteroatoms. The van der Waals surface area contributed by atoms with Crippen LogP contribution in [0.25, 0.3) is 0 Å². The van der Waals surface area contributed by atoms with Crippen molar-refractivity contribution in [1.29, 1.82) is 0 Å². The topological polar surface area (TPSA) is 42.0 Å². The first kappa shape index (κ1) is 19.3. The van der Waals surface area contributed by atoms with Crippen LogP contribution in [0.4, 0.5) is 5.69 Å². The van der Waals surface area contributed by atoms with Crippen molar-refractivity contribution >= 4 is 11.6 Å². The molecule has 0 saturated carbocycles. The van der Waals surface area contributed by atoms with E-state index in [1.807, 2.05) is 25.1 Å². The predicted molar refractivity (Wildman–Crippen MR) is 118 cm³/mol. The lowest BCUT2D eigenvalue weighted by Crippen LogP contribution is -2.43. The van der Waals surface area contributed by atoms with Gasteiger partial charge < -0.3 is 19.3 Å². The van der Waals surface area contributed by atoms with Crippen LogP contribution in [0.3, 0.4) is 0 Å². The van der Waals surface area contributed by atoms with Crippen molar-refractivity contribution in [1.82, 2.24) is 4.90 Å². The van der Waals surface area contributed by atoms with E-state index < -0.39 is 0 Å². The molecule has 0 spiro atoms. The number of amides is 1. The number of para-hydroxylation sites is 1. The first-order valence-corrected chi connectivity index (χ1v) is 11.2. The molecule has 5 nitrogen and oxygen atoms in total. The molecule has 3 heterocycles. The maximum absolute atomic E-state index is 13.1. The Kier molecular flexibility index (Phi) is 5.28. The van der Waals surface area contributed by atoms with E-state index in [1.165, 1.54) is 11.3 Å². The summed E-state index contributed by atoms with van der Waals surface area (Å²) in [5.74, 6) is 2.24. The maximum atomic E-state index is 13.1. The fourth-order valence-corrected chi connectivity index (χ4v) is 4.99. The minimum absolute atomic E-state index is 0.164. The highest BCUT2D eigenvalue weighted by Crippen LogP contribution is 2.34. The lowest BCUT2D eigenvalue weighted by Gasteiger charge is -2.36. The Labute approximate surface area is 178 Å². The van der Waals surface area contributed by atoms with Gasteiger partial charge in [-0.05, 0) is 61.4 Å². The van der Waals surface area contributed by atoms with Crippen molar-refractivity contribution in [3.63, 3.8) is 0 Å². The Morgan fingerprint density at radius 1 is 1.03 bits per heavy atom. The molecule has 2 aromatic rings. The molecule has 1 unspecified atom stereocenters. The van der Waals surface area contributed by atoms with Crippen LogP contribution in [0.15, 0.2) is 42.5 Å². The summed E-state index contributed by atoms with van der Waals surface area (Å²) in [5, 5.41) is 0. The van der Waals surface area contributed by atoms with E-state index in [0.717, 1.165) is 62.5 Å². The van der Waals surface area contributed by atoms with Crippen LogP contribution < -0.4 is 14.4 Å². The number of ether oxygens (including phenoxy) is 2. The minimum atomic E-state index is -0.164. The van der Waals surface area contributed by atoms with Crippen molar-refractivity contribution < 1.29 is 14.3 Å². The summed E-state index contributed by atoms with van der Waals surface area (Å²) in [7, 11) is 0. The van der Waals surface area contributed by atoms with E-state index in [1.54, 1.807) is 0 Å². The van der Waals surface area contributed by atoms with Crippen LogP contribution in [-0.4, -0.2) is 50.2 Å². The van der Waals surface area contributed by atoms with E-state index in [0.29, 0.717) is 19.1 Å². The highest BCUT2D eigenvalue weighted by molar-refractivity contribution is 5.83. The zero-order valence-electron chi connectivity index (χ0n) is 17.7. The van der Waals surface area contributed by atoms with E-state index in [2.05, 4.69) is 34.1 Å². The second kappa shape index (κ2) is 8.21. The quantitative estimate of drug-likeness (QED) is 0.773. The Hall–Kier alpha value is -2.69. The Morgan fingerprint density at radius 2 is 1.80 bits per heavy atom. The lowest BCUT2D eigenvalue weighted by molar-refractivity contribution is -0.133. The lowest BCUT2D eigenvalue weighted by atomic mass is 9.93. The molecular formula is C25H30N2O3. The molecule has 5 rings (SSSR count). The number of hydrogen-bond donors (Lipinski definition) is 0. The molecule has 0 aromatic heterocycles. The molecule has 1 amide bonds. The van der Waals surface area contributed by atoms with Gasteiger partial charge in [-0.2, -0.15) is 0 Å². The van der Waals surface area contributed by atoms with Crippen LogP contribution in [0.2, 0.25) is 0 Å². The van der Waals surface area contributed by atoms with Crippen molar-refractivity contribution in [2.45, 2.75) is 32.1 Å². The molecule has 3 aliphatic rings. The third-order valence-corrected chi connectivity index (χ3v) is 6.82. The summed E-state index contributed by atoms with van der Waals surface area (Å²) < 4.78 is 11.3. The standard InChI is InChI=1S/C25H30N2O3/c1-18(21-6-7-23-24(16-21)30-15-14-29-23)25(28)26-11-8-19(9-12-26)17-27-13-10-20-4-2-3-5-22(20)27/h2-7,16,18-19H,8-15,17H2,1H3. The van der Waals surface area contributed by atoms with Crippen molar-refractivity contribution in [2.24, 2.45) is 5.92 Å². The number of likely N-dealkylation sites (tertiary alicyclic amines) is 1. The summed E-state index contributed by atoms with van der Waals surface area (Å²) in [5.41, 5.74) is 3.88. The van der Waals surface area contributed by atoms with E-state index in [9.17, 15) is 4.79 Å². The smallest absolute Gasteiger partial charge is 0.229 e. The highest BCUT2D eigenvalue weighted by Gasteiger charge is 2.29. The number of carbonyl (C=O) groups excluding carboxylic acids is 1. The van der Waals surface area contributed by atoms with Crippen LogP contribution in [-0.2, 0) is 11.2 Å². The fraction of sp³-hybridized carbons (Fsp3) is 0.480. The van der Waals surface area contributed by atoms with Gasteiger partial charge in [0, 0.05) is 31.9 Å². The molecule has 2 aromatic carbocycles. The van der Waals surface area contributed by atoms with E-state index in [4.69, 9.17) is 9.47 Å². The average molecular weight is 407 g/mol. The molecule has 0 aliphatic carbocycles. The van der Waals surface area contributed by atoms with Crippen LogP contribution in [0, 0.1) is 5.92 Å². The zero-order valence-corrected chi connectivity index (χ0v) is 17.7. The van der Waals surface area contributed by atoms with E-state index >= 15 is 0 Å². The van der Waals surface area contributed by atoms with Gasteiger partial charge in [-0.25, -0.2) is 0 Å². The number of nitrogens with zero attached hydrogens (tertiary/aromatic N) is 2. The number of carbonyl (C=O) groups is 1. The van der Waals surface area contributed by atoms with Gasteiger partial charge in [0.25, 0.3) is 0 Å². The van der Waals surface area contributed by atoms with Crippen LogP contribution in [0.5, 0.6) is 11.5 Å². The molecule has 1 atom stereocenters. The second-order valence-corrected chi connectivity index (χ2v) is 8.72. The van der Waals surface area contributed by atoms with Gasteiger partial charge in [0.05, 0.1) is 5.92 Å². The highest BCUT2D eigenvalue weighted by atomic mass is 16.6. The van der Waals surface area contributed by atoms with Crippen LogP contribution >= 0.6 is 0 Å². The summed E-state index contributed by atoms with van der Waals surface area (Å²) >= 11 is 0. The van der Waals surface area contributed by atoms with Gasteiger partial charge in [-0.1, -0.05) is 24.3 Å². The summed E-state index contributed by atoms with van der Waals surface area (Å²) in [6, 6.07) is 14.6. The van der Waals surface area contributed by atoms with Crippen molar-refractivity contribution in [3.8, 4) is 11.5 Å². The number of anilines is 1. The monoisotopic (exact) mass is 406 g/mol. The molecular weight excluding hydrogens is 376 g/mol. The third-order valence-electron chi connectivity index (χ3n) is 6.82. The minimum Gasteiger partial charge on any atom is -0.486 e. The number of hydrogen-bond acceptors (Lipinski definition) is 4. The Morgan fingerprint density at radius 3 is 2.63 bits per heavy atom. The number of fused-ring (bicyclic) bond motifs is 2. The first-order chi connectivity index (χ1) is 14.7. The predicted octanol–water partition coefficient (Wildman–Crippen LogP) is 3.86. The van der Waals surface area contributed by atoms with Gasteiger partial charge in [-0.3, -0.25) is 4.79 Å². The van der Waals surface area contributed by atoms with Gasteiger partial charge >= 0.3 is 0 Å². The summed E-state index contributed by atoms with van der Waals surface area (Å²) in [6.07, 6.45) is 3.32. The number of piperidine rings is 1. The Balaban J connectivity index is 1.17. The van der Waals surface area contributed by atoms with Gasteiger partial charge in [-0.15, -0.1) is 0 Å². The molecule has 158 valence electrons. The van der Waals surface area contributed by atoms with Gasteiger partial charge in [0.15, 0.2) is 11.5 Å². The summed E-state index contributed by atoms with van der Waals surface area (Å²) in [4.78, 5) is 17.7. The summed E-state index contributed by atoms with van der Waals surface area (Å²) in [6.45, 7) is 7.09. The number of rotatable bonds is 4. The van der Waals surface area contributed by atoms with Crippen molar-refractivity contribution in [2.75, 3.05) is 44.3 Å². The average Bonchev–Trinajstić information content (AvgIpc) is 3.21. The fourth-order valence-electron chi connectivity index (χ4n) is 4.99. The molecule has 1 fully saturated rings. The van der Waals surface area contributed by atoms with Gasteiger partial charge in [0.2, 0.25) is 5.91 Å². The molecule has 0 bridgehead atoms. The van der Waals surface area contributed by atoms with Gasteiger partial charge in [0.1, 0.15) is 13.2 Å². The third kappa shape index (κ3) is 3.73. The van der Waals surface area contributed by atoms with E-state index in [-0.39, 0.29) is 11.8 Å². The molecule has 0 radical (unpaired) electrons. The first-order valence-electron chi connectivity index (χ1n) is 11.2. The normalized spacial score (nSPS) is 19.5. The zero-order chi connectivity index (χ0) is 20.5. The maximum Gasteiger partial charge on any atom is 0.229 e. The molecule has 0 N–H and O–H groups in total. The van der Waals surface area contributed by atoms with Crippen LogP contribution in [0.1, 0.15) is 36.8 Å². The largest absolute Gasteiger partial charge is 0.486 e. The molecule has 1 saturated heterocycles. The van der Waals surface area contributed by atoms with Crippen molar-refractivity contribution in [3.05, 3.63) is 53.6 Å². The SMILES string of the molecule is CC(C(=O)N1CCC(CN2CCc3ccccc32)CC1)c1ccc2c(c1)OCCO2. The Bertz CT molecular complexity index is 920.